The summed E-state index contributed by atoms with van der Waals surface area (Å²) in [5.74, 6) is -0.424. The summed E-state index contributed by atoms with van der Waals surface area (Å²) in [6, 6.07) is 8.08. The molecule has 0 spiro atoms. The maximum Gasteiger partial charge on any atom is 0.140 e. The van der Waals surface area contributed by atoms with Crippen LogP contribution >= 0.6 is 0 Å². The van der Waals surface area contributed by atoms with Gasteiger partial charge in [0, 0.05) is 25.2 Å². The number of nitrogens with zero attached hydrogens (tertiary/aromatic N) is 2. The fraction of sp³-hybridized carbons (Fsp3) is 0.562. The van der Waals surface area contributed by atoms with Crippen LogP contribution in [0.1, 0.15) is 36.8 Å². The maximum atomic E-state index is 13.4. The molecule has 0 amide bonds. The minimum atomic E-state index is -0.424. The zero-order valence-electron chi connectivity index (χ0n) is 11.6. The summed E-state index contributed by atoms with van der Waals surface area (Å²) in [5.41, 5.74) is 1.19. The summed E-state index contributed by atoms with van der Waals surface area (Å²) in [6.07, 6.45) is 5.03. The summed E-state index contributed by atoms with van der Waals surface area (Å²) in [4.78, 5) is 2.48. The summed E-state index contributed by atoms with van der Waals surface area (Å²) in [5, 5.41) is 12.4. The highest BCUT2D eigenvalue weighted by atomic mass is 19.1. The summed E-state index contributed by atoms with van der Waals surface area (Å²) in [6.45, 7) is 3.00. The second-order valence-corrected chi connectivity index (χ2v) is 5.88. The van der Waals surface area contributed by atoms with E-state index in [9.17, 15) is 4.39 Å². The van der Waals surface area contributed by atoms with Gasteiger partial charge in [0.05, 0.1) is 5.56 Å². The van der Waals surface area contributed by atoms with Gasteiger partial charge in [0.25, 0.3) is 0 Å². The van der Waals surface area contributed by atoms with E-state index in [2.05, 4.69) is 10.2 Å². The zero-order valence-corrected chi connectivity index (χ0v) is 11.6. The molecule has 1 aromatic rings. The van der Waals surface area contributed by atoms with E-state index in [0.717, 1.165) is 25.2 Å². The van der Waals surface area contributed by atoms with Gasteiger partial charge in [-0.05, 0) is 49.9 Å². The lowest BCUT2D eigenvalue weighted by Crippen LogP contribution is -2.38. The third kappa shape index (κ3) is 3.17. The van der Waals surface area contributed by atoms with Crippen LogP contribution < -0.4 is 5.32 Å². The quantitative estimate of drug-likeness (QED) is 0.895. The minimum Gasteiger partial charge on any atom is -0.313 e. The average Bonchev–Trinajstić information content (AvgIpc) is 3.18. The van der Waals surface area contributed by atoms with Gasteiger partial charge in [0.15, 0.2) is 0 Å². The molecule has 1 aliphatic heterocycles. The van der Waals surface area contributed by atoms with Crippen molar-refractivity contribution < 1.29 is 4.39 Å². The Morgan fingerprint density at radius 3 is 2.85 bits per heavy atom. The fourth-order valence-electron chi connectivity index (χ4n) is 2.97. The van der Waals surface area contributed by atoms with Crippen LogP contribution in [0.4, 0.5) is 4.39 Å². The SMILES string of the molecule is N#Cc1cc(CN(CC2CCCN2)C2CC2)ccc1F. The lowest BCUT2D eigenvalue weighted by atomic mass is 10.1. The molecule has 2 fully saturated rings. The first-order valence-electron chi connectivity index (χ1n) is 7.42. The lowest BCUT2D eigenvalue weighted by Gasteiger charge is -2.25. The Bertz CT molecular complexity index is 513. The molecule has 1 aromatic carbocycles. The Balaban J connectivity index is 1.68. The molecule has 0 bridgehead atoms. The van der Waals surface area contributed by atoms with Crippen molar-refractivity contribution in [2.45, 2.75) is 44.3 Å². The molecule has 20 heavy (non-hydrogen) atoms. The van der Waals surface area contributed by atoms with Crippen LogP contribution in [0.3, 0.4) is 0 Å². The average molecular weight is 273 g/mol. The van der Waals surface area contributed by atoms with Crippen LogP contribution in [0.2, 0.25) is 0 Å². The Hall–Kier alpha value is -1.44. The van der Waals surface area contributed by atoms with E-state index in [-0.39, 0.29) is 5.56 Å². The van der Waals surface area contributed by atoms with Crippen molar-refractivity contribution in [3.63, 3.8) is 0 Å². The molecular weight excluding hydrogens is 253 g/mol. The van der Waals surface area contributed by atoms with E-state index in [0.29, 0.717) is 12.1 Å². The number of halogens is 1. The number of rotatable bonds is 5. The lowest BCUT2D eigenvalue weighted by molar-refractivity contribution is 0.231. The molecule has 3 nitrogen and oxygen atoms in total. The second kappa shape index (κ2) is 5.90. The van der Waals surface area contributed by atoms with Gasteiger partial charge in [-0.1, -0.05) is 6.07 Å². The van der Waals surface area contributed by atoms with E-state index in [4.69, 9.17) is 5.26 Å². The molecule has 0 aromatic heterocycles. The molecule has 106 valence electrons. The molecule has 1 saturated heterocycles. The molecule has 1 atom stereocenters. The molecule has 0 radical (unpaired) electrons. The van der Waals surface area contributed by atoms with Crippen molar-refractivity contribution in [2.75, 3.05) is 13.1 Å². The number of hydrogen-bond acceptors (Lipinski definition) is 3. The Kier molecular flexibility index (Phi) is 4.00. The number of benzene rings is 1. The largest absolute Gasteiger partial charge is 0.313 e. The van der Waals surface area contributed by atoms with Crippen LogP contribution in [-0.2, 0) is 6.54 Å². The Morgan fingerprint density at radius 2 is 2.20 bits per heavy atom. The van der Waals surface area contributed by atoms with E-state index in [1.807, 2.05) is 6.07 Å². The number of nitrogens with one attached hydrogen (secondary N) is 1. The van der Waals surface area contributed by atoms with Gasteiger partial charge in [-0.3, -0.25) is 4.90 Å². The summed E-state index contributed by atoms with van der Waals surface area (Å²) in [7, 11) is 0. The molecule has 1 aliphatic carbocycles. The molecule has 1 unspecified atom stereocenters. The molecular formula is C16H20FN3. The smallest absolute Gasteiger partial charge is 0.140 e. The van der Waals surface area contributed by atoms with Gasteiger partial charge in [-0.15, -0.1) is 0 Å². The van der Waals surface area contributed by atoms with E-state index in [1.165, 1.54) is 31.7 Å². The molecule has 3 rings (SSSR count). The highest BCUT2D eigenvalue weighted by molar-refractivity contribution is 5.34. The monoisotopic (exact) mass is 273 g/mol. The zero-order chi connectivity index (χ0) is 13.9. The van der Waals surface area contributed by atoms with Crippen molar-refractivity contribution in [1.82, 2.24) is 10.2 Å². The predicted molar refractivity (Wildman–Crippen MR) is 75.6 cm³/mol. The topological polar surface area (TPSA) is 39.1 Å². The second-order valence-electron chi connectivity index (χ2n) is 5.88. The minimum absolute atomic E-state index is 0.150. The van der Waals surface area contributed by atoms with E-state index < -0.39 is 5.82 Å². The van der Waals surface area contributed by atoms with Gasteiger partial charge in [0.1, 0.15) is 11.9 Å². The van der Waals surface area contributed by atoms with Crippen molar-refractivity contribution in [3.8, 4) is 6.07 Å². The highest BCUT2D eigenvalue weighted by Gasteiger charge is 2.31. The van der Waals surface area contributed by atoms with Crippen molar-refractivity contribution in [1.29, 1.82) is 5.26 Å². The van der Waals surface area contributed by atoms with Crippen LogP contribution in [0, 0.1) is 17.1 Å². The van der Waals surface area contributed by atoms with Gasteiger partial charge in [-0.2, -0.15) is 5.26 Å². The molecule has 4 heteroatoms. The molecule has 1 saturated carbocycles. The maximum absolute atomic E-state index is 13.4. The molecule has 1 heterocycles. The normalized spacial score (nSPS) is 22.1. The van der Waals surface area contributed by atoms with E-state index >= 15 is 0 Å². The Labute approximate surface area is 119 Å². The van der Waals surface area contributed by atoms with Crippen molar-refractivity contribution in [2.24, 2.45) is 0 Å². The number of nitriles is 1. The van der Waals surface area contributed by atoms with Gasteiger partial charge in [0.2, 0.25) is 0 Å². The third-order valence-electron chi connectivity index (χ3n) is 4.22. The molecule has 1 N–H and O–H groups in total. The van der Waals surface area contributed by atoms with Gasteiger partial charge in [-0.25, -0.2) is 4.39 Å². The first kappa shape index (κ1) is 13.5. The van der Waals surface area contributed by atoms with Crippen LogP contribution in [0.5, 0.6) is 0 Å². The first-order valence-corrected chi connectivity index (χ1v) is 7.42. The van der Waals surface area contributed by atoms with Crippen LogP contribution in [0.25, 0.3) is 0 Å². The van der Waals surface area contributed by atoms with Crippen molar-refractivity contribution >= 4 is 0 Å². The predicted octanol–water partition coefficient (Wildman–Crippen LogP) is 2.41. The third-order valence-corrected chi connectivity index (χ3v) is 4.22. The summed E-state index contributed by atoms with van der Waals surface area (Å²) >= 11 is 0. The first-order chi connectivity index (χ1) is 9.76. The van der Waals surface area contributed by atoms with Gasteiger partial charge < -0.3 is 5.32 Å². The van der Waals surface area contributed by atoms with E-state index in [1.54, 1.807) is 12.1 Å². The fourth-order valence-corrected chi connectivity index (χ4v) is 2.97. The van der Waals surface area contributed by atoms with Crippen LogP contribution in [-0.4, -0.2) is 30.1 Å². The van der Waals surface area contributed by atoms with Crippen LogP contribution in [0.15, 0.2) is 18.2 Å². The summed E-state index contributed by atoms with van der Waals surface area (Å²) < 4.78 is 13.4. The van der Waals surface area contributed by atoms with Crippen molar-refractivity contribution in [3.05, 3.63) is 35.1 Å². The standard InChI is InChI=1S/C16H20FN3/c17-16-6-3-12(8-13(16)9-18)10-20(15-4-5-15)11-14-2-1-7-19-14/h3,6,8,14-15,19H,1-2,4-5,7,10-11H2. The molecule has 2 aliphatic rings. The highest BCUT2D eigenvalue weighted by Crippen LogP contribution is 2.29. The van der Waals surface area contributed by atoms with Gasteiger partial charge >= 0.3 is 0 Å². The Morgan fingerprint density at radius 1 is 1.35 bits per heavy atom. The number of hydrogen-bond donors (Lipinski definition) is 1.